The summed E-state index contributed by atoms with van der Waals surface area (Å²) in [4.78, 5) is 19.9. The molecule has 0 aliphatic carbocycles. The van der Waals surface area contributed by atoms with Crippen LogP contribution in [0.5, 0.6) is 5.75 Å². The van der Waals surface area contributed by atoms with Gasteiger partial charge in [0.1, 0.15) is 23.6 Å². The molecule has 0 aliphatic heterocycles. The van der Waals surface area contributed by atoms with E-state index in [9.17, 15) is 4.79 Å². The first kappa shape index (κ1) is 13.1. The lowest BCUT2D eigenvalue weighted by atomic mass is 10.2. The second-order valence-corrected chi connectivity index (χ2v) is 4.46. The summed E-state index contributed by atoms with van der Waals surface area (Å²) in [5.41, 5.74) is 1.93. The molecule has 0 saturated heterocycles. The molecule has 2 aromatic heterocycles. The lowest BCUT2D eigenvalue weighted by Gasteiger charge is -2.09. The van der Waals surface area contributed by atoms with Gasteiger partial charge in [-0.25, -0.2) is 9.97 Å². The maximum Gasteiger partial charge on any atom is 0.323 e. The largest absolute Gasteiger partial charge is 0.496 e. The molecule has 1 aromatic carbocycles. The van der Waals surface area contributed by atoms with Crippen molar-refractivity contribution in [3.63, 3.8) is 0 Å². The fourth-order valence-corrected chi connectivity index (χ4v) is 2.28. The highest BCUT2D eigenvalue weighted by molar-refractivity contribution is 5.81. The van der Waals surface area contributed by atoms with Crippen molar-refractivity contribution in [1.82, 2.24) is 14.5 Å². The van der Waals surface area contributed by atoms with Gasteiger partial charge in [0.15, 0.2) is 5.65 Å². The number of carbonyl (C=O) groups is 1. The molecule has 0 aliphatic rings. The zero-order valence-electron chi connectivity index (χ0n) is 11.4. The number of hydrogen-bond donors (Lipinski definition) is 1. The predicted molar refractivity (Wildman–Crippen MR) is 77.2 cm³/mol. The topological polar surface area (TPSA) is 77.2 Å². The summed E-state index contributed by atoms with van der Waals surface area (Å²) < 4.78 is 6.91. The smallest absolute Gasteiger partial charge is 0.323 e. The molecule has 3 aromatic rings. The summed E-state index contributed by atoms with van der Waals surface area (Å²) in [6, 6.07) is 10.9. The number of carboxylic acid groups (broad SMARTS) is 1. The van der Waals surface area contributed by atoms with Crippen molar-refractivity contribution in [3.05, 3.63) is 42.6 Å². The Morgan fingerprint density at radius 1 is 1.29 bits per heavy atom. The van der Waals surface area contributed by atoms with Crippen molar-refractivity contribution in [2.75, 3.05) is 7.11 Å². The van der Waals surface area contributed by atoms with Crippen LogP contribution in [0.3, 0.4) is 0 Å². The van der Waals surface area contributed by atoms with E-state index in [1.165, 1.54) is 0 Å². The first-order valence-electron chi connectivity index (χ1n) is 6.37. The van der Waals surface area contributed by atoms with Crippen LogP contribution in [-0.4, -0.2) is 32.7 Å². The Labute approximate surface area is 120 Å². The van der Waals surface area contributed by atoms with Crippen LogP contribution < -0.4 is 4.74 Å². The van der Waals surface area contributed by atoms with Gasteiger partial charge in [-0.3, -0.25) is 9.36 Å². The Hall–Kier alpha value is -2.89. The predicted octanol–water partition coefficient (Wildman–Crippen LogP) is 2.19. The second kappa shape index (κ2) is 5.24. The van der Waals surface area contributed by atoms with Gasteiger partial charge in [-0.15, -0.1) is 0 Å². The quantitative estimate of drug-likeness (QED) is 0.794. The second-order valence-electron chi connectivity index (χ2n) is 4.46. The van der Waals surface area contributed by atoms with Crippen LogP contribution in [0.4, 0.5) is 0 Å². The summed E-state index contributed by atoms with van der Waals surface area (Å²) in [6.45, 7) is -0.207. The van der Waals surface area contributed by atoms with Gasteiger partial charge in [-0.2, -0.15) is 0 Å². The van der Waals surface area contributed by atoms with Gasteiger partial charge in [0.25, 0.3) is 0 Å². The first-order valence-corrected chi connectivity index (χ1v) is 6.37. The number of fused-ring (bicyclic) bond motifs is 1. The zero-order chi connectivity index (χ0) is 14.8. The minimum Gasteiger partial charge on any atom is -0.496 e. The van der Waals surface area contributed by atoms with Crippen LogP contribution in [0.1, 0.15) is 0 Å². The van der Waals surface area contributed by atoms with Crippen LogP contribution in [0.15, 0.2) is 42.6 Å². The highest BCUT2D eigenvalue weighted by Gasteiger charge is 2.18. The SMILES string of the molecule is COc1ccccc1-c1nc2cccnc2n1CC(=O)O. The molecule has 0 saturated carbocycles. The van der Waals surface area contributed by atoms with E-state index in [1.807, 2.05) is 24.3 Å². The molecule has 6 nitrogen and oxygen atoms in total. The third kappa shape index (κ3) is 2.31. The molecule has 21 heavy (non-hydrogen) atoms. The fraction of sp³-hybridized carbons (Fsp3) is 0.133. The molecule has 1 N–H and O–H groups in total. The van der Waals surface area contributed by atoms with E-state index < -0.39 is 5.97 Å². The van der Waals surface area contributed by atoms with Crippen molar-refractivity contribution in [3.8, 4) is 17.1 Å². The average Bonchev–Trinajstić information content (AvgIpc) is 2.85. The zero-order valence-corrected chi connectivity index (χ0v) is 11.4. The molecule has 0 amide bonds. The average molecular weight is 283 g/mol. The lowest BCUT2D eigenvalue weighted by Crippen LogP contribution is -2.10. The van der Waals surface area contributed by atoms with Crippen LogP contribution in [0.2, 0.25) is 0 Å². The van der Waals surface area contributed by atoms with Crippen molar-refractivity contribution in [2.45, 2.75) is 6.54 Å². The summed E-state index contributed by atoms with van der Waals surface area (Å²) in [5, 5.41) is 9.13. The monoisotopic (exact) mass is 283 g/mol. The van der Waals surface area contributed by atoms with Gasteiger partial charge < -0.3 is 9.84 Å². The standard InChI is InChI=1S/C15H13N3O3/c1-21-12-7-3-2-5-10(12)14-17-11-6-4-8-16-15(11)18(14)9-13(19)20/h2-8H,9H2,1H3,(H,19,20). The number of ether oxygens (including phenoxy) is 1. The van der Waals surface area contributed by atoms with Gasteiger partial charge in [0.05, 0.1) is 12.7 Å². The number of aliphatic carboxylic acids is 1. The summed E-state index contributed by atoms with van der Waals surface area (Å²) in [5.74, 6) is 0.221. The highest BCUT2D eigenvalue weighted by Crippen LogP contribution is 2.30. The van der Waals surface area contributed by atoms with Gasteiger partial charge in [-0.05, 0) is 24.3 Å². The summed E-state index contributed by atoms with van der Waals surface area (Å²) in [6.07, 6.45) is 1.62. The van der Waals surface area contributed by atoms with E-state index in [0.717, 1.165) is 5.56 Å². The molecule has 0 unspecified atom stereocenters. The van der Waals surface area contributed by atoms with E-state index in [0.29, 0.717) is 22.7 Å². The lowest BCUT2D eigenvalue weighted by molar-refractivity contribution is -0.137. The highest BCUT2D eigenvalue weighted by atomic mass is 16.5. The number of benzene rings is 1. The van der Waals surface area contributed by atoms with Gasteiger partial charge in [-0.1, -0.05) is 12.1 Å². The molecule has 106 valence electrons. The Bertz CT molecular complexity index is 811. The van der Waals surface area contributed by atoms with Crippen LogP contribution >= 0.6 is 0 Å². The molecule has 0 radical (unpaired) electrons. The maximum atomic E-state index is 11.1. The van der Waals surface area contributed by atoms with Crippen LogP contribution in [0, 0.1) is 0 Å². The van der Waals surface area contributed by atoms with Crippen molar-refractivity contribution in [2.24, 2.45) is 0 Å². The molecule has 0 bridgehead atoms. The Balaban J connectivity index is 2.28. The normalized spacial score (nSPS) is 10.7. The molecule has 0 atom stereocenters. The number of pyridine rings is 1. The van der Waals surface area contributed by atoms with Crippen LogP contribution in [0.25, 0.3) is 22.6 Å². The van der Waals surface area contributed by atoms with E-state index >= 15 is 0 Å². The molecule has 3 rings (SSSR count). The number of aromatic nitrogens is 3. The number of methoxy groups -OCH3 is 1. The molecule has 0 spiro atoms. The third-order valence-corrected chi connectivity index (χ3v) is 3.15. The van der Waals surface area contributed by atoms with E-state index in [-0.39, 0.29) is 6.54 Å². The molecule has 2 heterocycles. The van der Waals surface area contributed by atoms with Crippen molar-refractivity contribution in [1.29, 1.82) is 0 Å². The minimum absolute atomic E-state index is 0.207. The van der Waals surface area contributed by atoms with E-state index in [4.69, 9.17) is 9.84 Å². The van der Waals surface area contributed by atoms with Crippen molar-refractivity contribution >= 4 is 17.1 Å². The Morgan fingerprint density at radius 3 is 2.86 bits per heavy atom. The number of imidazole rings is 1. The van der Waals surface area contributed by atoms with E-state index in [1.54, 1.807) is 30.0 Å². The van der Waals surface area contributed by atoms with Gasteiger partial charge in [0, 0.05) is 6.20 Å². The third-order valence-electron chi connectivity index (χ3n) is 3.15. The summed E-state index contributed by atoms with van der Waals surface area (Å²) >= 11 is 0. The number of hydrogen-bond acceptors (Lipinski definition) is 4. The molecular weight excluding hydrogens is 270 g/mol. The first-order chi connectivity index (χ1) is 10.2. The van der Waals surface area contributed by atoms with Crippen molar-refractivity contribution < 1.29 is 14.6 Å². The molecule has 0 fully saturated rings. The number of rotatable bonds is 4. The van der Waals surface area contributed by atoms with Gasteiger partial charge >= 0.3 is 5.97 Å². The van der Waals surface area contributed by atoms with Crippen LogP contribution in [-0.2, 0) is 11.3 Å². The number of carboxylic acids is 1. The Kier molecular flexibility index (Phi) is 3.27. The summed E-state index contributed by atoms with van der Waals surface area (Å²) in [7, 11) is 1.57. The molecular formula is C15H13N3O3. The fourth-order valence-electron chi connectivity index (χ4n) is 2.28. The Morgan fingerprint density at radius 2 is 2.10 bits per heavy atom. The minimum atomic E-state index is -0.948. The van der Waals surface area contributed by atoms with Gasteiger partial charge in [0.2, 0.25) is 0 Å². The maximum absolute atomic E-state index is 11.1. The van der Waals surface area contributed by atoms with E-state index in [2.05, 4.69) is 9.97 Å². The number of nitrogens with zero attached hydrogens (tertiary/aromatic N) is 3. The number of para-hydroxylation sites is 1. The molecule has 6 heteroatoms.